The van der Waals surface area contributed by atoms with Crippen LogP contribution >= 0.6 is 0 Å². The molecule has 0 aliphatic heterocycles. The number of anilines is 2. The average Bonchev–Trinajstić information content (AvgIpc) is 3.61. The van der Waals surface area contributed by atoms with E-state index in [-0.39, 0.29) is 12.5 Å². The van der Waals surface area contributed by atoms with E-state index >= 15 is 0 Å². The van der Waals surface area contributed by atoms with Crippen LogP contribution in [0.25, 0.3) is 16.5 Å². The summed E-state index contributed by atoms with van der Waals surface area (Å²) in [5.41, 5.74) is 4.37. The third-order valence-electron chi connectivity index (χ3n) is 8.51. The molecule has 0 bridgehead atoms. The SMILES string of the molecule is COc1cc(Cc2nccc(Oc3ccc(NC(=O)Nc4cc(C(C)C)nn4-c4ccc(C)cc4)c4ccccc34)n2)cc(OCCOCCOCCO)c1. The minimum absolute atomic E-state index is 0.0135. The lowest BCUT2D eigenvalue weighted by Gasteiger charge is -2.14. The van der Waals surface area contributed by atoms with Crippen molar-refractivity contribution in [2.24, 2.45) is 0 Å². The number of nitrogens with one attached hydrogen (secondary N) is 2. The molecule has 4 aromatic carbocycles. The number of amides is 2. The van der Waals surface area contributed by atoms with E-state index in [2.05, 4.69) is 29.5 Å². The van der Waals surface area contributed by atoms with Gasteiger partial charge in [0.2, 0.25) is 5.88 Å². The number of hydrogen-bond acceptors (Lipinski definition) is 10. The summed E-state index contributed by atoms with van der Waals surface area (Å²) in [6, 6.07) is 28.1. The summed E-state index contributed by atoms with van der Waals surface area (Å²) < 4.78 is 30.2. The standard InChI is InChI=1S/C42H46N6O7/c1-28(2)37-27-40(48(47-37)31-11-9-29(3)10-12-31)46-42(50)44-36-13-14-38(35-8-6-5-7-34(35)36)55-41-15-16-43-39(45-41)25-30-23-32(51-4)26-33(24-30)54-22-21-53-20-19-52-18-17-49/h5-16,23-24,26-28,49H,17-22,25H2,1-4H3,(H2,44,46,50). The number of fused-ring (bicyclic) bond motifs is 1. The van der Waals surface area contributed by atoms with Crippen molar-refractivity contribution in [3.05, 3.63) is 120 Å². The highest BCUT2D eigenvalue weighted by molar-refractivity contribution is 6.07. The van der Waals surface area contributed by atoms with Gasteiger partial charge in [-0.05, 0) is 54.8 Å². The molecule has 0 saturated heterocycles. The third-order valence-corrected chi connectivity index (χ3v) is 8.51. The zero-order valence-electron chi connectivity index (χ0n) is 31.5. The van der Waals surface area contributed by atoms with E-state index in [1.54, 1.807) is 24.1 Å². The molecule has 0 atom stereocenters. The Balaban J connectivity index is 1.13. The molecule has 6 rings (SSSR count). The van der Waals surface area contributed by atoms with E-state index < -0.39 is 6.03 Å². The Bertz CT molecular complexity index is 2190. The fourth-order valence-electron chi connectivity index (χ4n) is 5.75. The zero-order valence-corrected chi connectivity index (χ0v) is 31.5. The van der Waals surface area contributed by atoms with E-state index in [4.69, 9.17) is 38.9 Å². The first-order valence-corrected chi connectivity index (χ1v) is 18.1. The van der Waals surface area contributed by atoms with Crippen molar-refractivity contribution >= 4 is 28.3 Å². The molecule has 2 heterocycles. The van der Waals surface area contributed by atoms with Gasteiger partial charge in [-0.15, -0.1) is 0 Å². The smallest absolute Gasteiger partial charge is 0.324 e. The van der Waals surface area contributed by atoms with Crippen LogP contribution in [0.1, 0.15) is 42.4 Å². The average molecular weight is 747 g/mol. The Morgan fingerprint density at radius 1 is 0.836 bits per heavy atom. The van der Waals surface area contributed by atoms with Crippen LogP contribution in [0.5, 0.6) is 23.1 Å². The van der Waals surface area contributed by atoms with Crippen molar-refractivity contribution < 1.29 is 33.6 Å². The normalized spacial score (nSPS) is 11.2. The molecule has 2 aromatic heterocycles. The van der Waals surface area contributed by atoms with Gasteiger partial charge in [-0.3, -0.25) is 5.32 Å². The maximum atomic E-state index is 13.4. The van der Waals surface area contributed by atoms with Gasteiger partial charge in [0, 0.05) is 41.6 Å². The number of benzene rings is 4. The molecule has 3 N–H and O–H groups in total. The number of aliphatic hydroxyl groups is 1. The van der Waals surface area contributed by atoms with Gasteiger partial charge < -0.3 is 34.1 Å². The van der Waals surface area contributed by atoms with E-state index in [1.807, 2.05) is 91.9 Å². The molecule has 2 amide bonds. The lowest BCUT2D eigenvalue weighted by Crippen LogP contribution is -2.21. The van der Waals surface area contributed by atoms with Crippen LogP contribution in [0.4, 0.5) is 16.3 Å². The van der Waals surface area contributed by atoms with Crippen molar-refractivity contribution in [2.75, 3.05) is 57.4 Å². The number of ether oxygens (including phenoxy) is 5. The molecule has 55 heavy (non-hydrogen) atoms. The number of urea groups is 1. The molecule has 6 aromatic rings. The van der Waals surface area contributed by atoms with Gasteiger partial charge in [0.05, 0.1) is 57.2 Å². The number of carbonyl (C=O) groups excluding carboxylic acids is 1. The zero-order chi connectivity index (χ0) is 38.6. The maximum absolute atomic E-state index is 13.4. The summed E-state index contributed by atoms with van der Waals surface area (Å²) >= 11 is 0. The van der Waals surface area contributed by atoms with E-state index in [0.717, 1.165) is 33.3 Å². The fraction of sp³-hybridized carbons (Fsp3) is 0.286. The lowest BCUT2D eigenvalue weighted by molar-refractivity contribution is 0.0247. The van der Waals surface area contributed by atoms with E-state index in [1.165, 1.54) is 0 Å². The minimum atomic E-state index is -0.400. The summed E-state index contributed by atoms with van der Waals surface area (Å²) in [5, 5.41) is 21.1. The number of aryl methyl sites for hydroxylation is 1. The maximum Gasteiger partial charge on any atom is 0.324 e. The van der Waals surface area contributed by atoms with Gasteiger partial charge in [0.15, 0.2) is 0 Å². The summed E-state index contributed by atoms with van der Waals surface area (Å²) in [7, 11) is 1.60. The molecule has 0 aliphatic carbocycles. The van der Waals surface area contributed by atoms with Gasteiger partial charge in [-0.2, -0.15) is 10.1 Å². The highest BCUT2D eigenvalue weighted by atomic mass is 16.5. The number of hydrogen-bond donors (Lipinski definition) is 3. The highest BCUT2D eigenvalue weighted by Gasteiger charge is 2.17. The first kappa shape index (κ1) is 38.7. The third kappa shape index (κ3) is 10.6. The van der Waals surface area contributed by atoms with Crippen LogP contribution in [0.2, 0.25) is 0 Å². The number of nitrogens with zero attached hydrogens (tertiary/aromatic N) is 4. The second-order valence-corrected chi connectivity index (χ2v) is 13.0. The fourth-order valence-corrected chi connectivity index (χ4v) is 5.75. The number of aromatic nitrogens is 4. The molecular weight excluding hydrogens is 700 g/mol. The summed E-state index contributed by atoms with van der Waals surface area (Å²) in [6.45, 7) is 8.00. The summed E-state index contributed by atoms with van der Waals surface area (Å²) in [6.07, 6.45) is 2.06. The minimum Gasteiger partial charge on any atom is -0.497 e. The molecule has 0 saturated carbocycles. The van der Waals surface area contributed by atoms with Gasteiger partial charge in [-0.1, -0.05) is 55.8 Å². The second-order valence-electron chi connectivity index (χ2n) is 13.0. The Morgan fingerprint density at radius 3 is 2.35 bits per heavy atom. The van der Waals surface area contributed by atoms with Gasteiger partial charge >= 0.3 is 6.03 Å². The summed E-state index contributed by atoms with van der Waals surface area (Å²) in [4.78, 5) is 22.6. The first-order valence-electron chi connectivity index (χ1n) is 18.1. The Kier molecular flexibility index (Phi) is 13.3. The molecule has 13 nitrogen and oxygen atoms in total. The quantitative estimate of drug-likeness (QED) is 0.0747. The largest absolute Gasteiger partial charge is 0.497 e. The molecule has 286 valence electrons. The molecule has 0 fully saturated rings. The van der Waals surface area contributed by atoms with Crippen LogP contribution in [0, 0.1) is 6.92 Å². The number of aliphatic hydroxyl groups excluding tert-OH is 1. The Hall–Kier alpha value is -6.02. The van der Waals surface area contributed by atoms with Crippen LogP contribution in [0.3, 0.4) is 0 Å². The molecule has 0 spiro atoms. The monoisotopic (exact) mass is 746 g/mol. The van der Waals surface area contributed by atoms with E-state index in [0.29, 0.717) is 79.9 Å². The van der Waals surface area contributed by atoms with Crippen molar-refractivity contribution in [3.63, 3.8) is 0 Å². The van der Waals surface area contributed by atoms with Gasteiger partial charge in [-0.25, -0.2) is 14.5 Å². The number of methoxy groups -OCH3 is 1. The molecule has 0 unspecified atom stereocenters. The molecule has 0 radical (unpaired) electrons. The predicted molar refractivity (Wildman–Crippen MR) is 211 cm³/mol. The van der Waals surface area contributed by atoms with Gasteiger partial charge in [0.1, 0.15) is 35.5 Å². The van der Waals surface area contributed by atoms with Crippen LogP contribution < -0.4 is 24.8 Å². The van der Waals surface area contributed by atoms with E-state index in [9.17, 15) is 4.79 Å². The molecule has 13 heteroatoms. The van der Waals surface area contributed by atoms with Crippen molar-refractivity contribution in [2.45, 2.75) is 33.1 Å². The van der Waals surface area contributed by atoms with Crippen LogP contribution in [0.15, 0.2) is 97.2 Å². The van der Waals surface area contributed by atoms with Gasteiger partial charge in [0.25, 0.3) is 0 Å². The highest BCUT2D eigenvalue weighted by Crippen LogP contribution is 2.34. The second kappa shape index (κ2) is 18.8. The van der Waals surface area contributed by atoms with Crippen LogP contribution in [-0.4, -0.2) is 77.6 Å². The number of carbonyl (C=O) groups is 1. The Morgan fingerprint density at radius 2 is 1.58 bits per heavy atom. The Labute approximate surface area is 320 Å². The first-order chi connectivity index (χ1) is 26.8. The number of rotatable bonds is 18. The van der Waals surface area contributed by atoms with Crippen molar-refractivity contribution in [3.8, 4) is 28.8 Å². The topological polar surface area (TPSA) is 151 Å². The predicted octanol–water partition coefficient (Wildman–Crippen LogP) is 7.69. The van der Waals surface area contributed by atoms with Crippen molar-refractivity contribution in [1.29, 1.82) is 0 Å². The molecular formula is C42H46N6O7. The lowest BCUT2D eigenvalue weighted by atomic mass is 10.1. The summed E-state index contributed by atoms with van der Waals surface area (Å²) in [5.74, 6) is 3.51. The molecule has 0 aliphatic rings. The van der Waals surface area contributed by atoms with Crippen molar-refractivity contribution in [1.82, 2.24) is 19.7 Å². The van der Waals surface area contributed by atoms with Crippen LogP contribution in [-0.2, 0) is 15.9 Å².